The maximum Gasteiger partial charge on any atom is 0.325 e. The van der Waals surface area contributed by atoms with Gasteiger partial charge in [0.2, 0.25) is 5.28 Å². The van der Waals surface area contributed by atoms with Crippen LogP contribution in [0.5, 0.6) is 0 Å². The third kappa shape index (κ3) is 2.03. The Balaban J connectivity index is 2.28. The van der Waals surface area contributed by atoms with Crippen molar-refractivity contribution in [2.75, 3.05) is 19.0 Å². The van der Waals surface area contributed by atoms with Crippen LogP contribution in [0.25, 0.3) is 11.0 Å². The minimum atomic E-state index is -0.397. The molecule has 0 saturated carbocycles. The van der Waals surface area contributed by atoms with Crippen LogP contribution in [0.2, 0.25) is 5.28 Å². The maximum atomic E-state index is 11.0. The molecule has 0 amide bonds. The van der Waals surface area contributed by atoms with Crippen molar-refractivity contribution in [1.29, 1.82) is 0 Å². The molecule has 0 unspecified atom stereocenters. The van der Waals surface area contributed by atoms with Gasteiger partial charge in [0.15, 0.2) is 5.65 Å². The number of nitrogens with one attached hydrogen (secondary N) is 2. The van der Waals surface area contributed by atoms with Crippen molar-refractivity contribution in [2.24, 2.45) is 0 Å². The number of H-pyrrole nitrogens is 1. The molecule has 0 spiro atoms. The van der Waals surface area contributed by atoms with Gasteiger partial charge in [-0.3, -0.25) is 9.89 Å². The zero-order valence-electron chi connectivity index (χ0n) is 8.32. The molecule has 2 aromatic heterocycles. The van der Waals surface area contributed by atoms with Gasteiger partial charge in [-0.25, -0.2) is 0 Å². The van der Waals surface area contributed by atoms with Gasteiger partial charge in [-0.15, -0.1) is 0 Å². The number of rotatable bonds is 3. The van der Waals surface area contributed by atoms with Crippen LogP contribution in [-0.2, 0) is 9.53 Å². The van der Waals surface area contributed by atoms with Gasteiger partial charge in [0.05, 0.1) is 18.7 Å². The van der Waals surface area contributed by atoms with Crippen molar-refractivity contribution >= 4 is 34.4 Å². The first kappa shape index (κ1) is 10.6. The van der Waals surface area contributed by atoms with E-state index >= 15 is 0 Å². The molecule has 0 aliphatic carbocycles. The minimum Gasteiger partial charge on any atom is -0.468 e. The lowest BCUT2D eigenvalue weighted by atomic mass is 10.4. The Morgan fingerprint density at radius 2 is 2.44 bits per heavy atom. The predicted octanol–water partition coefficient (Wildman–Crippen LogP) is 0.591. The molecule has 0 aliphatic heterocycles. The molecule has 84 valence electrons. The Morgan fingerprint density at radius 1 is 1.62 bits per heavy atom. The summed E-state index contributed by atoms with van der Waals surface area (Å²) in [6.45, 7) is 0.00409. The number of methoxy groups -OCH3 is 1. The monoisotopic (exact) mass is 241 g/mol. The zero-order valence-corrected chi connectivity index (χ0v) is 9.08. The number of carbonyl (C=O) groups is 1. The first-order chi connectivity index (χ1) is 7.70. The van der Waals surface area contributed by atoms with Crippen molar-refractivity contribution in [3.05, 3.63) is 11.5 Å². The van der Waals surface area contributed by atoms with Crippen LogP contribution in [0.15, 0.2) is 6.20 Å². The smallest absolute Gasteiger partial charge is 0.325 e. The third-order valence-corrected chi connectivity index (χ3v) is 2.08. The molecule has 2 heterocycles. The van der Waals surface area contributed by atoms with Crippen LogP contribution in [0.3, 0.4) is 0 Å². The number of aromatic amines is 1. The number of nitrogens with zero attached hydrogens (tertiary/aromatic N) is 3. The fraction of sp³-hybridized carbons (Fsp3) is 0.250. The minimum absolute atomic E-state index is 0.00409. The summed E-state index contributed by atoms with van der Waals surface area (Å²) in [7, 11) is 1.31. The fourth-order valence-electron chi connectivity index (χ4n) is 1.17. The Kier molecular flexibility index (Phi) is 2.86. The van der Waals surface area contributed by atoms with Crippen LogP contribution < -0.4 is 5.32 Å². The zero-order chi connectivity index (χ0) is 11.5. The Bertz CT molecular complexity index is 526. The van der Waals surface area contributed by atoms with Crippen LogP contribution in [0, 0.1) is 0 Å². The van der Waals surface area contributed by atoms with Gasteiger partial charge in [0, 0.05) is 0 Å². The lowest BCUT2D eigenvalue weighted by Crippen LogP contribution is -2.16. The van der Waals surface area contributed by atoms with Gasteiger partial charge in [0.1, 0.15) is 12.4 Å². The molecule has 0 fully saturated rings. The van der Waals surface area contributed by atoms with Crippen LogP contribution in [0.1, 0.15) is 0 Å². The standard InChI is InChI=1S/C8H8ClN5O2/c1-16-5(15)3-10-6-4-2-11-14-7(4)13-8(9)12-6/h2H,3H2,1H3,(H2,10,11,12,13,14). The molecule has 0 aromatic carbocycles. The summed E-state index contributed by atoms with van der Waals surface area (Å²) in [5, 5.41) is 10.00. The second-order valence-electron chi connectivity index (χ2n) is 2.90. The first-order valence-electron chi connectivity index (χ1n) is 4.38. The molecule has 8 heteroatoms. The second-order valence-corrected chi connectivity index (χ2v) is 3.24. The van der Waals surface area contributed by atoms with Gasteiger partial charge in [-0.1, -0.05) is 0 Å². The van der Waals surface area contributed by atoms with E-state index in [2.05, 4.69) is 30.2 Å². The van der Waals surface area contributed by atoms with Gasteiger partial charge in [-0.05, 0) is 11.6 Å². The van der Waals surface area contributed by atoms with Crippen LogP contribution >= 0.6 is 11.6 Å². The number of anilines is 1. The summed E-state index contributed by atoms with van der Waals surface area (Å²) in [5.41, 5.74) is 0.507. The van der Waals surface area contributed by atoms with Crippen LogP contribution in [-0.4, -0.2) is 39.8 Å². The van der Waals surface area contributed by atoms with Crippen LogP contribution in [0.4, 0.5) is 5.82 Å². The second kappa shape index (κ2) is 4.31. The fourth-order valence-corrected chi connectivity index (χ4v) is 1.34. The van der Waals surface area contributed by atoms with Crippen molar-refractivity contribution < 1.29 is 9.53 Å². The van der Waals surface area contributed by atoms with Gasteiger partial charge >= 0.3 is 5.97 Å². The number of ether oxygens (including phenoxy) is 1. The van der Waals surface area contributed by atoms with Crippen molar-refractivity contribution in [2.45, 2.75) is 0 Å². The number of hydrogen-bond donors (Lipinski definition) is 2. The summed E-state index contributed by atoms with van der Waals surface area (Å²) in [6.07, 6.45) is 1.55. The third-order valence-electron chi connectivity index (χ3n) is 1.91. The molecule has 2 rings (SSSR count). The van der Waals surface area contributed by atoms with E-state index < -0.39 is 5.97 Å². The van der Waals surface area contributed by atoms with E-state index in [4.69, 9.17) is 11.6 Å². The summed E-state index contributed by atoms with van der Waals surface area (Å²) in [4.78, 5) is 18.8. The molecule has 2 aromatic rings. The lowest BCUT2D eigenvalue weighted by molar-refractivity contribution is -0.138. The summed E-state index contributed by atoms with van der Waals surface area (Å²) >= 11 is 5.70. The number of esters is 1. The molecular formula is C8H8ClN5O2. The molecule has 2 N–H and O–H groups in total. The SMILES string of the molecule is COC(=O)CNc1nc(Cl)nc2[nH]ncc12. The first-order valence-corrected chi connectivity index (χ1v) is 4.76. The summed E-state index contributed by atoms with van der Waals surface area (Å²) in [5.74, 6) is 0.0422. The number of fused-ring (bicyclic) bond motifs is 1. The average molecular weight is 242 g/mol. The molecule has 0 bridgehead atoms. The largest absolute Gasteiger partial charge is 0.468 e. The molecule has 0 radical (unpaired) electrons. The highest BCUT2D eigenvalue weighted by Gasteiger charge is 2.09. The van der Waals surface area contributed by atoms with E-state index in [1.165, 1.54) is 7.11 Å². The summed E-state index contributed by atoms with van der Waals surface area (Å²) in [6, 6.07) is 0. The highest BCUT2D eigenvalue weighted by molar-refractivity contribution is 6.28. The van der Waals surface area contributed by atoms with E-state index in [-0.39, 0.29) is 11.8 Å². The maximum absolute atomic E-state index is 11.0. The number of hydrogen-bond acceptors (Lipinski definition) is 6. The van der Waals surface area contributed by atoms with Gasteiger partial charge < -0.3 is 10.1 Å². The van der Waals surface area contributed by atoms with E-state index in [1.807, 2.05) is 0 Å². The van der Waals surface area contributed by atoms with Crippen molar-refractivity contribution in [3.63, 3.8) is 0 Å². The molecule has 16 heavy (non-hydrogen) atoms. The lowest BCUT2D eigenvalue weighted by Gasteiger charge is -2.04. The summed E-state index contributed by atoms with van der Waals surface area (Å²) < 4.78 is 4.49. The molecule has 0 atom stereocenters. The Morgan fingerprint density at radius 3 is 3.19 bits per heavy atom. The molecule has 7 nitrogen and oxygen atoms in total. The molecule has 0 aliphatic rings. The van der Waals surface area contributed by atoms with Crippen molar-refractivity contribution in [1.82, 2.24) is 20.2 Å². The van der Waals surface area contributed by atoms with E-state index in [0.29, 0.717) is 16.9 Å². The van der Waals surface area contributed by atoms with Crippen molar-refractivity contribution in [3.8, 4) is 0 Å². The average Bonchev–Trinajstić information content (AvgIpc) is 2.73. The van der Waals surface area contributed by atoms with Gasteiger partial charge in [0.25, 0.3) is 0 Å². The van der Waals surface area contributed by atoms with E-state index in [9.17, 15) is 4.79 Å². The normalized spacial score (nSPS) is 10.4. The Labute approximate surface area is 95.2 Å². The highest BCUT2D eigenvalue weighted by atomic mass is 35.5. The van der Waals surface area contributed by atoms with E-state index in [1.54, 1.807) is 6.20 Å². The predicted molar refractivity (Wildman–Crippen MR) is 57.2 cm³/mol. The number of carbonyl (C=O) groups excluding carboxylic acids is 1. The topological polar surface area (TPSA) is 92.8 Å². The quantitative estimate of drug-likeness (QED) is 0.604. The number of aromatic nitrogens is 4. The van der Waals surface area contributed by atoms with E-state index in [0.717, 1.165) is 0 Å². The number of halogens is 1. The highest BCUT2D eigenvalue weighted by Crippen LogP contribution is 2.19. The molecular weight excluding hydrogens is 234 g/mol. The molecule has 0 saturated heterocycles. The van der Waals surface area contributed by atoms with Gasteiger partial charge in [-0.2, -0.15) is 15.1 Å². The Hall–Kier alpha value is -1.89.